The number of thiazole rings is 1. The molecule has 2 aromatic carbocycles. The molecule has 1 aromatic heterocycles. The fourth-order valence-electron chi connectivity index (χ4n) is 2.43. The number of nitrogens with zero attached hydrogens (tertiary/aromatic N) is 2. The molecule has 2 N–H and O–H groups in total. The Balaban J connectivity index is 1.97. The number of anilines is 2. The zero-order chi connectivity index (χ0) is 19.4. The van der Waals surface area contributed by atoms with Gasteiger partial charge < -0.3 is 10.6 Å². The van der Waals surface area contributed by atoms with Gasteiger partial charge in [0, 0.05) is 29.4 Å². The molecule has 0 unspecified atom stereocenters. The van der Waals surface area contributed by atoms with Gasteiger partial charge in [-0.15, -0.1) is 0 Å². The Morgan fingerprint density at radius 2 is 1.78 bits per heavy atom. The smallest absolute Gasteiger partial charge is 0.269 e. The summed E-state index contributed by atoms with van der Waals surface area (Å²) < 4.78 is 0. The Kier molecular flexibility index (Phi) is 5.46. The normalized spacial score (nSPS) is 10.6. The van der Waals surface area contributed by atoms with Gasteiger partial charge in [0.05, 0.1) is 10.6 Å². The highest BCUT2D eigenvalue weighted by Crippen LogP contribution is 2.33. The lowest BCUT2D eigenvalue weighted by Crippen LogP contribution is -2.11. The summed E-state index contributed by atoms with van der Waals surface area (Å²) in [5, 5.41) is 17.6. The van der Waals surface area contributed by atoms with Gasteiger partial charge in [-0.25, -0.2) is 4.98 Å². The number of carbonyl (C=O) groups excluding carboxylic acids is 1. The second-order valence-electron chi connectivity index (χ2n) is 6.12. The number of nitrogens with one attached hydrogen (secondary N) is 2. The highest BCUT2D eigenvalue weighted by molar-refractivity contribution is 7.18. The van der Waals surface area contributed by atoms with Gasteiger partial charge >= 0.3 is 0 Å². The molecule has 0 atom stereocenters. The Bertz CT molecular complexity index is 953. The largest absolute Gasteiger partial charge is 0.359 e. The van der Waals surface area contributed by atoms with Gasteiger partial charge in [0.25, 0.3) is 11.6 Å². The maximum Gasteiger partial charge on any atom is 0.269 e. The summed E-state index contributed by atoms with van der Waals surface area (Å²) >= 11 is 1.25. The quantitative estimate of drug-likeness (QED) is 0.472. The van der Waals surface area contributed by atoms with Crippen LogP contribution in [0.5, 0.6) is 0 Å². The highest BCUT2D eigenvalue weighted by atomic mass is 32.1. The number of aromatic nitrogens is 1. The van der Waals surface area contributed by atoms with Crippen molar-refractivity contribution >= 4 is 33.8 Å². The van der Waals surface area contributed by atoms with E-state index in [1.165, 1.54) is 23.5 Å². The lowest BCUT2D eigenvalue weighted by molar-refractivity contribution is -0.384. The Morgan fingerprint density at radius 3 is 2.37 bits per heavy atom. The number of nitro benzene ring substituents is 1. The first kappa shape index (κ1) is 18.5. The number of rotatable bonds is 6. The molecule has 0 radical (unpaired) electrons. The summed E-state index contributed by atoms with van der Waals surface area (Å²) in [5.41, 5.74) is 1.81. The summed E-state index contributed by atoms with van der Waals surface area (Å²) in [6.07, 6.45) is 0. The van der Waals surface area contributed by atoms with Crippen molar-refractivity contribution in [2.24, 2.45) is 0 Å². The summed E-state index contributed by atoms with van der Waals surface area (Å²) in [4.78, 5) is 28.2. The van der Waals surface area contributed by atoms with E-state index in [1.54, 1.807) is 24.3 Å². The van der Waals surface area contributed by atoms with E-state index in [9.17, 15) is 14.9 Å². The average molecular weight is 382 g/mol. The van der Waals surface area contributed by atoms with Crippen LogP contribution in [0.2, 0.25) is 0 Å². The third-order valence-electron chi connectivity index (χ3n) is 3.63. The van der Waals surface area contributed by atoms with Crippen LogP contribution in [0.1, 0.15) is 23.5 Å². The van der Waals surface area contributed by atoms with Crippen LogP contribution in [0.15, 0.2) is 54.6 Å². The number of nitro groups is 1. The molecule has 7 nitrogen and oxygen atoms in total. The fourth-order valence-corrected chi connectivity index (χ4v) is 3.46. The molecule has 0 bridgehead atoms. The van der Waals surface area contributed by atoms with Crippen molar-refractivity contribution in [1.82, 2.24) is 4.98 Å². The molecule has 0 aliphatic heterocycles. The van der Waals surface area contributed by atoms with Gasteiger partial charge in [0.2, 0.25) is 0 Å². The van der Waals surface area contributed by atoms with Crippen LogP contribution in [0.4, 0.5) is 16.5 Å². The van der Waals surface area contributed by atoms with Gasteiger partial charge in [-0.1, -0.05) is 29.5 Å². The lowest BCUT2D eigenvalue weighted by Gasteiger charge is -2.05. The van der Waals surface area contributed by atoms with Crippen molar-refractivity contribution < 1.29 is 9.72 Å². The standard InChI is InChI=1S/C19H18N4O3S/c1-12(2)20-19-22-16(13-8-10-15(11-9-13)23(25)26)17(27-19)18(24)21-14-6-4-3-5-7-14/h3-12H,1-2H3,(H,20,22)(H,21,24). The van der Waals surface area contributed by atoms with Gasteiger partial charge in [-0.05, 0) is 38.1 Å². The maximum absolute atomic E-state index is 12.8. The first-order chi connectivity index (χ1) is 12.9. The molecular formula is C19H18N4O3S. The molecule has 0 fully saturated rings. The highest BCUT2D eigenvalue weighted by Gasteiger charge is 2.21. The van der Waals surface area contributed by atoms with E-state index in [1.807, 2.05) is 32.0 Å². The molecule has 27 heavy (non-hydrogen) atoms. The van der Waals surface area contributed by atoms with E-state index >= 15 is 0 Å². The van der Waals surface area contributed by atoms with E-state index in [-0.39, 0.29) is 17.6 Å². The summed E-state index contributed by atoms with van der Waals surface area (Å²) in [6.45, 7) is 3.97. The molecule has 8 heteroatoms. The molecule has 0 saturated heterocycles. The van der Waals surface area contributed by atoms with Crippen molar-refractivity contribution in [2.45, 2.75) is 19.9 Å². The van der Waals surface area contributed by atoms with Crippen molar-refractivity contribution in [3.8, 4) is 11.3 Å². The summed E-state index contributed by atoms with van der Waals surface area (Å²) in [5.74, 6) is -0.274. The molecule has 138 valence electrons. The Labute approximate surface area is 160 Å². The van der Waals surface area contributed by atoms with Crippen LogP contribution in [-0.4, -0.2) is 21.9 Å². The monoisotopic (exact) mass is 382 g/mol. The van der Waals surface area contributed by atoms with Crippen molar-refractivity contribution in [1.29, 1.82) is 0 Å². The van der Waals surface area contributed by atoms with Crippen LogP contribution in [0.25, 0.3) is 11.3 Å². The van der Waals surface area contributed by atoms with E-state index in [0.717, 1.165) is 0 Å². The number of amides is 1. The predicted molar refractivity (Wildman–Crippen MR) is 107 cm³/mol. The van der Waals surface area contributed by atoms with Crippen LogP contribution in [0.3, 0.4) is 0 Å². The molecule has 0 saturated carbocycles. The van der Waals surface area contributed by atoms with Crippen molar-refractivity contribution in [2.75, 3.05) is 10.6 Å². The number of benzene rings is 2. The van der Waals surface area contributed by atoms with Crippen LogP contribution < -0.4 is 10.6 Å². The third kappa shape index (κ3) is 4.48. The van der Waals surface area contributed by atoms with E-state index in [0.29, 0.717) is 27.0 Å². The molecule has 3 aromatic rings. The fraction of sp³-hybridized carbons (Fsp3) is 0.158. The zero-order valence-electron chi connectivity index (χ0n) is 14.8. The van der Waals surface area contributed by atoms with Gasteiger partial charge in [0.1, 0.15) is 4.88 Å². The molecule has 0 aliphatic rings. The van der Waals surface area contributed by atoms with Crippen molar-refractivity contribution in [3.05, 3.63) is 69.6 Å². The van der Waals surface area contributed by atoms with E-state index < -0.39 is 4.92 Å². The van der Waals surface area contributed by atoms with E-state index in [4.69, 9.17) is 0 Å². The molecule has 1 amide bonds. The minimum Gasteiger partial charge on any atom is -0.359 e. The minimum atomic E-state index is -0.459. The Hall–Kier alpha value is -3.26. The van der Waals surface area contributed by atoms with E-state index in [2.05, 4.69) is 15.6 Å². The molecule has 0 spiro atoms. The van der Waals surface area contributed by atoms with Gasteiger partial charge in [-0.2, -0.15) is 0 Å². The van der Waals surface area contributed by atoms with Gasteiger partial charge in [-0.3, -0.25) is 14.9 Å². The second-order valence-corrected chi connectivity index (χ2v) is 7.12. The maximum atomic E-state index is 12.8. The third-order valence-corrected chi connectivity index (χ3v) is 4.61. The predicted octanol–water partition coefficient (Wildman–Crippen LogP) is 4.79. The zero-order valence-corrected chi connectivity index (χ0v) is 15.6. The number of hydrogen-bond acceptors (Lipinski definition) is 6. The summed E-state index contributed by atoms with van der Waals surface area (Å²) in [7, 11) is 0. The summed E-state index contributed by atoms with van der Waals surface area (Å²) in [6, 6.07) is 15.3. The topological polar surface area (TPSA) is 97.2 Å². The SMILES string of the molecule is CC(C)Nc1nc(-c2ccc([N+](=O)[O-])cc2)c(C(=O)Nc2ccccc2)s1. The molecule has 1 heterocycles. The van der Waals surface area contributed by atoms with Crippen LogP contribution >= 0.6 is 11.3 Å². The van der Waals surface area contributed by atoms with Crippen molar-refractivity contribution in [3.63, 3.8) is 0 Å². The van der Waals surface area contributed by atoms with Gasteiger partial charge in [0.15, 0.2) is 5.13 Å². The average Bonchev–Trinajstić information content (AvgIpc) is 3.06. The second kappa shape index (κ2) is 7.96. The molecular weight excluding hydrogens is 364 g/mol. The molecule has 3 rings (SSSR count). The Morgan fingerprint density at radius 1 is 1.11 bits per heavy atom. The number of hydrogen-bond donors (Lipinski definition) is 2. The number of carbonyl (C=O) groups is 1. The van der Waals surface area contributed by atoms with Crippen LogP contribution in [0, 0.1) is 10.1 Å². The number of non-ortho nitro benzene ring substituents is 1. The first-order valence-corrected chi connectivity index (χ1v) is 9.14. The van der Waals surface area contributed by atoms with Crippen LogP contribution in [-0.2, 0) is 0 Å². The lowest BCUT2D eigenvalue weighted by atomic mass is 10.1. The minimum absolute atomic E-state index is 0.00945. The number of para-hydroxylation sites is 1. The molecule has 0 aliphatic carbocycles. The first-order valence-electron chi connectivity index (χ1n) is 8.32.